The van der Waals surface area contributed by atoms with Gasteiger partial charge in [-0.1, -0.05) is 26.0 Å². The Morgan fingerprint density at radius 2 is 1.74 bits per heavy atom. The van der Waals surface area contributed by atoms with Crippen LogP contribution in [-0.4, -0.2) is 49.6 Å². The van der Waals surface area contributed by atoms with Crippen molar-refractivity contribution in [3.63, 3.8) is 0 Å². The van der Waals surface area contributed by atoms with Crippen molar-refractivity contribution >= 4 is 0 Å². The van der Waals surface area contributed by atoms with Gasteiger partial charge in [0.15, 0.2) is 0 Å². The summed E-state index contributed by atoms with van der Waals surface area (Å²) in [6.07, 6.45) is 6.77. The largest absolute Gasteiger partial charge is 0.462 e. The highest BCUT2D eigenvalue weighted by molar-refractivity contribution is 5.29. The van der Waals surface area contributed by atoms with E-state index in [0.29, 0.717) is 0 Å². The van der Waals surface area contributed by atoms with E-state index in [1.165, 1.54) is 31.5 Å². The third-order valence-corrected chi connectivity index (χ3v) is 4.34. The molecule has 0 aliphatic carbocycles. The van der Waals surface area contributed by atoms with Gasteiger partial charge in [0, 0.05) is 26.1 Å². The number of nitrogens with zero attached hydrogens (tertiary/aromatic N) is 2. The maximum Gasteiger partial charge on any atom is 0.126 e. The Hall–Kier alpha value is -1.32. The molecule has 0 bridgehead atoms. The molecule has 23 heavy (non-hydrogen) atoms. The van der Waals surface area contributed by atoms with Crippen molar-refractivity contribution in [1.82, 2.24) is 9.80 Å². The topological polar surface area (TPSA) is 15.7 Å². The van der Waals surface area contributed by atoms with Crippen LogP contribution in [0.15, 0.2) is 36.1 Å². The molecule has 3 nitrogen and oxygen atoms in total. The Balaban J connectivity index is 1.82. The zero-order valence-corrected chi connectivity index (χ0v) is 15.1. The number of hydrogen-bond donors (Lipinski definition) is 0. The number of hydrogen-bond acceptors (Lipinski definition) is 3. The molecule has 1 aliphatic rings. The van der Waals surface area contributed by atoms with Crippen LogP contribution in [0.3, 0.4) is 0 Å². The summed E-state index contributed by atoms with van der Waals surface area (Å²) in [6.45, 7) is 10.1. The molecule has 1 aromatic carbocycles. The van der Waals surface area contributed by atoms with Crippen molar-refractivity contribution in [3.8, 4) is 5.75 Å². The Morgan fingerprint density at radius 3 is 2.30 bits per heavy atom. The monoisotopic (exact) mass is 316 g/mol. The van der Waals surface area contributed by atoms with Gasteiger partial charge in [-0.05, 0) is 63.2 Å². The quantitative estimate of drug-likeness (QED) is 0.686. The normalized spacial score (nSPS) is 15.7. The van der Waals surface area contributed by atoms with Gasteiger partial charge in [0.05, 0.1) is 0 Å². The van der Waals surface area contributed by atoms with Crippen LogP contribution in [0, 0.1) is 0 Å². The average molecular weight is 316 g/mol. The van der Waals surface area contributed by atoms with Gasteiger partial charge < -0.3 is 14.5 Å². The van der Waals surface area contributed by atoms with Crippen LogP contribution in [0.1, 0.15) is 38.7 Å². The number of rotatable bonds is 9. The second-order valence-electron chi connectivity index (χ2n) is 6.52. The van der Waals surface area contributed by atoms with E-state index in [1.54, 1.807) is 0 Å². The maximum absolute atomic E-state index is 5.99. The fourth-order valence-electron chi connectivity index (χ4n) is 2.98. The molecule has 0 N–H and O–H groups in total. The third-order valence-electron chi connectivity index (χ3n) is 4.34. The van der Waals surface area contributed by atoms with Gasteiger partial charge in [0.2, 0.25) is 0 Å². The van der Waals surface area contributed by atoms with Crippen molar-refractivity contribution in [3.05, 3.63) is 41.7 Å². The second kappa shape index (κ2) is 9.74. The van der Waals surface area contributed by atoms with Gasteiger partial charge in [-0.15, -0.1) is 0 Å². The summed E-state index contributed by atoms with van der Waals surface area (Å²) in [6, 6.07) is 8.64. The summed E-state index contributed by atoms with van der Waals surface area (Å²) >= 11 is 0. The van der Waals surface area contributed by atoms with Crippen molar-refractivity contribution in [2.45, 2.75) is 39.5 Å². The lowest BCUT2D eigenvalue weighted by Gasteiger charge is -2.22. The first-order valence-corrected chi connectivity index (χ1v) is 9.08. The minimum atomic E-state index is 0.962. The molecule has 0 fully saturated rings. The summed E-state index contributed by atoms with van der Waals surface area (Å²) < 4.78 is 5.99. The maximum atomic E-state index is 5.99. The minimum Gasteiger partial charge on any atom is -0.462 e. The molecule has 2 rings (SSSR count). The third kappa shape index (κ3) is 6.36. The van der Waals surface area contributed by atoms with Gasteiger partial charge in [0.1, 0.15) is 11.5 Å². The second-order valence-corrected chi connectivity index (χ2v) is 6.52. The van der Waals surface area contributed by atoms with E-state index in [4.69, 9.17) is 4.74 Å². The predicted molar refractivity (Wildman–Crippen MR) is 98.0 cm³/mol. The summed E-state index contributed by atoms with van der Waals surface area (Å²) in [7, 11) is 2.14. The number of ether oxygens (including phenoxy) is 1. The highest BCUT2D eigenvalue weighted by Gasteiger charge is 2.09. The molecule has 0 spiro atoms. The smallest absolute Gasteiger partial charge is 0.126 e. The molecule has 0 saturated heterocycles. The highest BCUT2D eigenvalue weighted by Crippen LogP contribution is 2.19. The lowest BCUT2D eigenvalue weighted by molar-refractivity contribution is 0.278. The molecule has 1 heterocycles. The lowest BCUT2D eigenvalue weighted by atomic mass is 10.1. The Bertz CT molecular complexity index is 475. The van der Waals surface area contributed by atoms with Gasteiger partial charge in [-0.2, -0.15) is 0 Å². The van der Waals surface area contributed by atoms with Crippen molar-refractivity contribution in [2.75, 3.05) is 39.8 Å². The molecule has 0 radical (unpaired) electrons. The number of benzene rings is 1. The molecule has 0 saturated carbocycles. The average Bonchev–Trinajstić information content (AvgIpc) is 2.56. The van der Waals surface area contributed by atoms with Gasteiger partial charge in [-0.25, -0.2) is 0 Å². The fraction of sp³-hybridized carbons (Fsp3) is 0.600. The summed E-state index contributed by atoms with van der Waals surface area (Å²) in [5.74, 6) is 2.07. The van der Waals surface area contributed by atoms with Crippen LogP contribution in [0.25, 0.3) is 0 Å². The van der Waals surface area contributed by atoms with Crippen molar-refractivity contribution in [1.29, 1.82) is 0 Å². The summed E-state index contributed by atoms with van der Waals surface area (Å²) in [5.41, 5.74) is 1.40. The molecule has 128 valence electrons. The Morgan fingerprint density at radius 1 is 1.04 bits per heavy atom. The SMILES string of the molecule is CCCN(CCC)CCc1ccc(OC2=CCN(C)CC2)cc1. The highest BCUT2D eigenvalue weighted by atomic mass is 16.5. The van der Waals surface area contributed by atoms with E-state index in [9.17, 15) is 0 Å². The number of likely N-dealkylation sites (N-methyl/N-ethyl adjacent to an activating group) is 1. The van der Waals surface area contributed by atoms with E-state index in [1.807, 2.05) is 0 Å². The molecular weight excluding hydrogens is 284 g/mol. The van der Waals surface area contributed by atoms with Crippen molar-refractivity contribution in [2.24, 2.45) is 0 Å². The van der Waals surface area contributed by atoms with E-state index in [2.05, 4.69) is 61.0 Å². The molecule has 0 atom stereocenters. The van der Waals surface area contributed by atoms with E-state index < -0.39 is 0 Å². The first kappa shape index (κ1) is 18.0. The summed E-state index contributed by atoms with van der Waals surface area (Å²) in [4.78, 5) is 4.86. The van der Waals surface area contributed by atoms with E-state index in [-0.39, 0.29) is 0 Å². The summed E-state index contributed by atoms with van der Waals surface area (Å²) in [5, 5.41) is 0. The van der Waals surface area contributed by atoms with Crippen LogP contribution in [0.2, 0.25) is 0 Å². The van der Waals surface area contributed by atoms with E-state index in [0.717, 1.165) is 44.0 Å². The van der Waals surface area contributed by atoms with Gasteiger partial charge >= 0.3 is 0 Å². The first-order valence-electron chi connectivity index (χ1n) is 9.08. The zero-order valence-electron chi connectivity index (χ0n) is 15.1. The molecule has 0 aromatic heterocycles. The van der Waals surface area contributed by atoms with Crippen LogP contribution in [0.5, 0.6) is 5.75 Å². The van der Waals surface area contributed by atoms with Crippen LogP contribution >= 0.6 is 0 Å². The van der Waals surface area contributed by atoms with Crippen molar-refractivity contribution < 1.29 is 4.74 Å². The van der Waals surface area contributed by atoms with Gasteiger partial charge in [0.25, 0.3) is 0 Å². The molecule has 1 aromatic rings. The molecular formula is C20H32N2O. The zero-order chi connectivity index (χ0) is 16.5. The van der Waals surface area contributed by atoms with Crippen LogP contribution in [0.4, 0.5) is 0 Å². The molecule has 1 aliphatic heterocycles. The fourth-order valence-corrected chi connectivity index (χ4v) is 2.98. The lowest BCUT2D eigenvalue weighted by Crippen LogP contribution is -2.27. The van der Waals surface area contributed by atoms with Gasteiger partial charge in [-0.3, -0.25) is 0 Å². The first-order chi connectivity index (χ1) is 11.2. The van der Waals surface area contributed by atoms with E-state index >= 15 is 0 Å². The Labute approximate surface area is 141 Å². The Kier molecular flexibility index (Phi) is 7.63. The predicted octanol–water partition coefficient (Wildman–Crippen LogP) is 3.95. The van der Waals surface area contributed by atoms with Crippen LogP contribution < -0.4 is 4.74 Å². The molecule has 3 heteroatoms. The molecule has 0 unspecified atom stereocenters. The standard InChI is InChI=1S/C20H32N2O/c1-4-13-22(14-5-2)17-10-18-6-8-19(9-7-18)23-20-11-15-21(3)16-12-20/h6-9,11H,4-5,10,12-17H2,1-3H3. The van der Waals surface area contributed by atoms with Crippen LogP contribution in [-0.2, 0) is 6.42 Å². The molecule has 0 amide bonds. The minimum absolute atomic E-state index is 0.962.